The van der Waals surface area contributed by atoms with Crippen molar-refractivity contribution in [2.24, 2.45) is 0 Å². The SMILES string of the molecule is CC(C)(CCO)Nc1nc(Cl)nc2ccccc12. The van der Waals surface area contributed by atoms with Gasteiger partial charge in [0.15, 0.2) is 0 Å². The zero-order valence-corrected chi connectivity index (χ0v) is 11.2. The van der Waals surface area contributed by atoms with Crippen LogP contribution in [0.1, 0.15) is 20.3 Å². The van der Waals surface area contributed by atoms with E-state index in [-0.39, 0.29) is 17.4 Å². The second-order valence-electron chi connectivity index (χ2n) is 4.84. The summed E-state index contributed by atoms with van der Waals surface area (Å²) in [5.74, 6) is 0.698. The molecular weight excluding hydrogens is 250 g/mol. The fourth-order valence-corrected chi connectivity index (χ4v) is 1.98. The van der Waals surface area contributed by atoms with Gasteiger partial charge in [0.25, 0.3) is 0 Å². The number of hydrogen-bond donors (Lipinski definition) is 2. The topological polar surface area (TPSA) is 58.0 Å². The molecule has 0 aliphatic carbocycles. The van der Waals surface area contributed by atoms with Gasteiger partial charge in [0.2, 0.25) is 5.28 Å². The molecule has 0 atom stereocenters. The summed E-state index contributed by atoms with van der Waals surface area (Å²) in [5.41, 5.74) is 0.551. The van der Waals surface area contributed by atoms with Crippen molar-refractivity contribution in [1.29, 1.82) is 0 Å². The van der Waals surface area contributed by atoms with E-state index >= 15 is 0 Å². The summed E-state index contributed by atoms with van der Waals surface area (Å²) in [4.78, 5) is 8.41. The molecule has 0 saturated heterocycles. The van der Waals surface area contributed by atoms with E-state index in [2.05, 4.69) is 15.3 Å². The van der Waals surface area contributed by atoms with Gasteiger partial charge < -0.3 is 10.4 Å². The summed E-state index contributed by atoms with van der Waals surface area (Å²) >= 11 is 5.92. The van der Waals surface area contributed by atoms with Gasteiger partial charge in [0.1, 0.15) is 5.82 Å². The van der Waals surface area contributed by atoms with Gasteiger partial charge in [-0.3, -0.25) is 0 Å². The third kappa shape index (κ3) is 2.89. The molecule has 0 aliphatic heterocycles. The molecule has 96 valence electrons. The Balaban J connectivity index is 2.44. The Bertz CT molecular complexity index is 557. The van der Waals surface area contributed by atoms with E-state index in [1.807, 2.05) is 38.1 Å². The smallest absolute Gasteiger partial charge is 0.224 e. The molecule has 0 amide bonds. The number of hydrogen-bond acceptors (Lipinski definition) is 4. The minimum atomic E-state index is -0.255. The van der Waals surface area contributed by atoms with Crippen LogP contribution in [0.25, 0.3) is 10.9 Å². The fraction of sp³-hybridized carbons (Fsp3) is 0.385. The molecular formula is C13H16ClN3O. The molecule has 2 rings (SSSR count). The highest BCUT2D eigenvalue weighted by Gasteiger charge is 2.19. The minimum Gasteiger partial charge on any atom is -0.396 e. The molecule has 0 radical (unpaired) electrons. The Morgan fingerprint density at radius 1 is 1.28 bits per heavy atom. The van der Waals surface area contributed by atoms with Crippen molar-refractivity contribution >= 4 is 28.3 Å². The Labute approximate surface area is 111 Å². The number of benzene rings is 1. The van der Waals surface area contributed by atoms with Crippen molar-refractivity contribution in [3.05, 3.63) is 29.5 Å². The van der Waals surface area contributed by atoms with Crippen LogP contribution in [0, 0.1) is 0 Å². The van der Waals surface area contributed by atoms with Crippen molar-refractivity contribution in [3.63, 3.8) is 0 Å². The van der Waals surface area contributed by atoms with Gasteiger partial charge >= 0.3 is 0 Å². The third-order valence-corrected chi connectivity index (χ3v) is 2.94. The first-order valence-electron chi connectivity index (χ1n) is 5.83. The zero-order chi connectivity index (χ0) is 13.2. The molecule has 0 spiro atoms. The Kier molecular flexibility index (Phi) is 3.68. The Morgan fingerprint density at radius 2 is 2.00 bits per heavy atom. The first-order chi connectivity index (χ1) is 8.52. The van der Waals surface area contributed by atoms with Crippen LogP contribution in [0.5, 0.6) is 0 Å². The number of nitrogens with one attached hydrogen (secondary N) is 1. The van der Waals surface area contributed by atoms with Crippen molar-refractivity contribution in [2.45, 2.75) is 25.8 Å². The maximum absolute atomic E-state index is 9.05. The molecule has 1 aromatic heterocycles. The molecule has 1 aromatic carbocycles. The van der Waals surface area contributed by atoms with Gasteiger partial charge in [-0.05, 0) is 44.0 Å². The first-order valence-corrected chi connectivity index (χ1v) is 6.21. The van der Waals surface area contributed by atoms with Gasteiger partial charge in [0.05, 0.1) is 5.52 Å². The molecule has 1 heterocycles. The number of anilines is 1. The number of para-hydroxylation sites is 1. The van der Waals surface area contributed by atoms with Crippen LogP contribution in [0.4, 0.5) is 5.82 Å². The molecule has 0 bridgehead atoms. The van der Waals surface area contributed by atoms with E-state index in [4.69, 9.17) is 16.7 Å². The van der Waals surface area contributed by atoms with Crippen LogP contribution < -0.4 is 5.32 Å². The predicted octanol–water partition coefficient (Wildman–Crippen LogP) is 2.86. The summed E-state index contributed by atoms with van der Waals surface area (Å²) in [6.45, 7) is 4.14. The van der Waals surface area contributed by atoms with Gasteiger partial charge in [0, 0.05) is 17.5 Å². The quantitative estimate of drug-likeness (QED) is 0.835. The lowest BCUT2D eigenvalue weighted by molar-refractivity contribution is 0.260. The van der Waals surface area contributed by atoms with Crippen LogP contribution in [0.3, 0.4) is 0 Å². The van der Waals surface area contributed by atoms with Gasteiger partial charge in [-0.2, -0.15) is 0 Å². The number of halogens is 1. The van der Waals surface area contributed by atoms with Crippen molar-refractivity contribution < 1.29 is 5.11 Å². The van der Waals surface area contributed by atoms with E-state index in [9.17, 15) is 0 Å². The first kappa shape index (κ1) is 13.1. The van der Waals surface area contributed by atoms with E-state index in [0.717, 1.165) is 10.9 Å². The molecule has 5 heteroatoms. The summed E-state index contributed by atoms with van der Waals surface area (Å²) in [6.07, 6.45) is 0.628. The lowest BCUT2D eigenvalue weighted by atomic mass is 10.0. The van der Waals surface area contributed by atoms with E-state index in [0.29, 0.717) is 12.2 Å². The average Bonchev–Trinajstić information content (AvgIpc) is 2.28. The van der Waals surface area contributed by atoms with Gasteiger partial charge in [-0.15, -0.1) is 0 Å². The molecule has 0 aliphatic rings. The number of aliphatic hydroxyl groups excluding tert-OH is 1. The van der Waals surface area contributed by atoms with Crippen LogP contribution in [-0.2, 0) is 0 Å². The largest absolute Gasteiger partial charge is 0.396 e. The Morgan fingerprint density at radius 3 is 2.72 bits per heavy atom. The molecule has 2 aromatic rings. The maximum Gasteiger partial charge on any atom is 0.224 e. The van der Waals surface area contributed by atoms with Crippen molar-refractivity contribution in [1.82, 2.24) is 9.97 Å². The average molecular weight is 266 g/mol. The van der Waals surface area contributed by atoms with Gasteiger partial charge in [-0.25, -0.2) is 9.97 Å². The second-order valence-corrected chi connectivity index (χ2v) is 5.18. The summed E-state index contributed by atoms with van der Waals surface area (Å²) in [6, 6.07) is 7.69. The minimum absolute atomic E-state index is 0.122. The van der Waals surface area contributed by atoms with E-state index < -0.39 is 0 Å². The summed E-state index contributed by atoms with van der Waals surface area (Å²) < 4.78 is 0. The molecule has 0 saturated carbocycles. The zero-order valence-electron chi connectivity index (χ0n) is 10.4. The third-order valence-electron chi connectivity index (χ3n) is 2.77. The highest BCUT2D eigenvalue weighted by atomic mass is 35.5. The molecule has 18 heavy (non-hydrogen) atoms. The normalized spacial score (nSPS) is 11.8. The fourth-order valence-electron chi connectivity index (χ4n) is 1.81. The van der Waals surface area contributed by atoms with Crippen LogP contribution in [0.2, 0.25) is 5.28 Å². The van der Waals surface area contributed by atoms with E-state index in [1.165, 1.54) is 0 Å². The molecule has 4 nitrogen and oxygen atoms in total. The lowest BCUT2D eigenvalue weighted by Gasteiger charge is -2.26. The maximum atomic E-state index is 9.05. The number of nitrogens with zero attached hydrogens (tertiary/aromatic N) is 2. The summed E-state index contributed by atoms with van der Waals surface area (Å²) in [5, 5.41) is 13.5. The summed E-state index contributed by atoms with van der Waals surface area (Å²) in [7, 11) is 0. The molecule has 2 N–H and O–H groups in total. The van der Waals surface area contributed by atoms with Crippen molar-refractivity contribution in [3.8, 4) is 0 Å². The van der Waals surface area contributed by atoms with Gasteiger partial charge in [-0.1, -0.05) is 12.1 Å². The predicted molar refractivity (Wildman–Crippen MR) is 74.0 cm³/mol. The number of aliphatic hydroxyl groups is 1. The standard InChI is InChI=1S/C13H16ClN3O/c1-13(2,7-8-18)17-11-9-5-3-4-6-10(9)15-12(14)16-11/h3-6,18H,7-8H2,1-2H3,(H,15,16,17). The Hall–Kier alpha value is -1.39. The monoisotopic (exact) mass is 265 g/mol. The lowest BCUT2D eigenvalue weighted by Crippen LogP contribution is -2.32. The second kappa shape index (κ2) is 5.08. The number of rotatable bonds is 4. The van der Waals surface area contributed by atoms with Crippen molar-refractivity contribution in [2.75, 3.05) is 11.9 Å². The number of fused-ring (bicyclic) bond motifs is 1. The van der Waals surface area contributed by atoms with Crippen LogP contribution >= 0.6 is 11.6 Å². The highest BCUT2D eigenvalue weighted by Crippen LogP contribution is 2.25. The molecule has 0 unspecified atom stereocenters. The highest BCUT2D eigenvalue weighted by molar-refractivity contribution is 6.28. The molecule has 0 fully saturated rings. The number of aromatic nitrogens is 2. The van der Waals surface area contributed by atoms with Crippen LogP contribution in [0.15, 0.2) is 24.3 Å². The van der Waals surface area contributed by atoms with E-state index in [1.54, 1.807) is 0 Å². The van der Waals surface area contributed by atoms with Crippen LogP contribution in [-0.4, -0.2) is 27.2 Å².